The van der Waals surface area contributed by atoms with Gasteiger partial charge in [-0.2, -0.15) is 0 Å². The molecule has 0 saturated heterocycles. The van der Waals surface area contributed by atoms with E-state index >= 15 is 0 Å². The van der Waals surface area contributed by atoms with E-state index in [4.69, 9.17) is 9.47 Å². The van der Waals surface area contributed by atoms with Crippen LogP contribution in [-0.2, 0) is 16.1 Å². The zero-order valence-electron chi connectivity index (χ0n) is 16.0. The Kier molecular flexibility index (Phi) is 8.28. The van der Waals surface area contributed by atoms with Crippen LogP contribution in [0.15, 0.2) is 30.3 Å². The molecule has 1 fully saturated rings. The highest BCUT2D eigenvalue weighted by Gasteiger charge is 2.20. The van der Waals surface area contributed by atoms with Crippen LogP contribution in [-0.4, -0.2) is 17.3 Å². The third-order valence-corrected chi connectivity index (χ3v) is 3.59. The Bertz CT molecular complexity index is 406. The third-order valence-electron chi connectivity index (χ3n) is 3.59. The number of rotatable bonds is 3. The molecule has 1 aromatic rings. The molecule has 0 aromatic heterocycles. The van der Waals surface area contributed by atoms with Crippen LogP contribution in [0.4, 0.5) is 0 Å². The van der Waals surface area contributed by atoms with E-state index in [-0.39, 0.29) is 11.2 Å². The van der Waals surface area contributed by atoms with Crippen molar-refractivity contribution in [3.05, 3.63) is 35.9 Å². The van der Waals surface area contributed by atoms with Crippen molar-refractivity contribution in [3.63, 3.8) is 0 Å². The second-order valence-corrected chi connectivity index (χ2v) is 8.38. The van der Waals surface area contributed by atoms with Crippen LogP contribution in [0.5, 0.6) is 0 Å². The van der Waals surface area contributed by atoms with Crippen LogP contribution in [0.25, 0.3) is 0 Å². The summed E-state index contributed by atoms with van der Waals surface area (Å²) in [7, 11) is 0. The van der Waals surface area contributed by atoms with Crippen molar-refractivity contribution in [3.8, 4) is 0 Å². The molecule has 1 aliphatic rings. The molecule has 2 rings (SSSR count). The van der Waals surface area contributed by atoms with Gasteiger partial charge < -0.3 is 9.47 Å². The minimum atomic E-state index is -0.0458. The highest BCUT2D eigenvalue weighted by molar-refractivity contribution is 5.13. The van der Waals surface area contributed by atoms with E-state index in [2.05, 4.69) is 53.7 Å². The molecule has 0 atom stereocenters. The molecule has 0 amide bonds. The fourth-order valence-electron chi connectivity index (χ4n) is 2.56. The summed E-state index contributed by atoms with van der Waals surface area (Å²) >= 11 is 0. The molecular formula is C21H36O2. The van der Waals surface area contributed by atoms with Gasteiger partial charge in [0.2, 0.25) is 0 Å². The average Bonchev–Trinajstić information content (AvgIpc) is 2.46. The molecule has 2 heteroatoms. The van der Waals surface area contributed by atoms with Gasteiger partial charge in [-0.05, 0) is 59.9 Å². The topological polar surface area (TPSA) is 18.5 Å². The lowest BCUT2D eigenvalue weighted by molar-refractivity contribution is -0.0732. The van der Waals surface area contributed by atoms with E-state index in [1.807, 2.05) is 18.2 Å². The van der Waals surface area contributed by atoms with Crippen molar-refractivity contribution in [2.45, 2.75) is 97.6 Å². The highest BCUT2D eigenvalue weighted by atomic mass is 16.5. The molecule has 0 bridgehead atoms. The van der Waals surface area contributed by atoms with Gasteiger partial charge in [-0.1, -0.05) is 49.6 Å². The first-order valence-electron chi connectivity index (χ1n) is 9.01. The summed E-state index contributed by atoms with van der Waals surface area (Å²) in [6.45, 7) is 13.3. The van der Waals surface area contributed by atoms with Crippen LogP contribution in [0, 0.1) is 0 Å². The predicted octanol–water partition coefficient (Wildman–Crippen LogP) is 6.14. The Morgan fingerprint density at radius 2 is 1.39 bits per heavy atom. The lowest BCUT2D eigenvalue weighted by atomic mass is 9.97. The summed E-state index contributed by atoms with van der Waals surface area (Å²) in [6, 6.07) is 10.2. The van der Waals surface area contributed by atoms with Gasteiger partial charge in [0, 0.05) is 0 Å². The first-order valence-corrected chi connectivity index (χ1v) is 9.01. The molecule has 23 heavy (non-hydrogen) atoms. The van der Waals surface area contributed by atoms with E-state index in [1.54, 1.807) is 0 Å². The minimum Gasteiger partial charge on any atom is -0.373 e. The molecule has 0 radical (unpaired) electrons. The normalized spacial score (nSPS) is 16.6. The van der Waals surface area contributed by atoms with E-state index < -0.39 is 0 Å². The lowest BCUT2D eigenvalue weighted by Crippen LogP contribution is -2.28. The van der Waals surface area contributed by atoms with Crippen molar-refractivity contribution >= 4 is 0 Å². The maximum atomic E-state index is 5.88. The van der Waals surface area contributed by atoms with E-state index in [1.165, 1.54) is 37.7 Å². The van der Waals surface area contributed by atoms with Crippen LogP contribution in [0.1, 0.15) is 79.2 Å². The zero-order chi connectivity index (χ0) is 17.3. The fourth-order valence-corrected chi connectivity index (χ4v) is 2.56. The first-order chi connectivity index (χ1) is 10.7. The van der Waals surface area contributed by atoms with Crippen molar-refractivity contribution in [2.24, 2.45) is 0 Å². The summed E-state index contributed by atoms with van der Waals surface area (Å²) in [4.78, 5) is 0. The monoisotopic (exact) mass is 320 g/mol. The van der Waals surface area contributed by atoms with Crippen molar-refractivity contribution in [2.75, 3.05) is 0 Å². The van der Waals surface area contributed by atoms with Crippen molar-refractivity contribution in [1.29, 1.82) is 0 Å². The second-order valence-electron chi connectivity index (χ2n) is 8.38. The van der Waals surface area contributed by atoms with Crippen LogP contribution in [0.3, 0.4) is 0 Å². The number of hydrogen-bond donors (Lipinski definition) is 0. The van der Waals surface area contributed by atoms with E-state index in [0.717, 1.165) is 0 Å². The number of benzene rings is 1. The Morgan fingerprint density at radius 3 is 1.87 bits per heavy atom. The molecule has 0 heterocycles. The van der Waals surface area contributed by atoms with Crippen LogP contribution < -0.4 is 0 Å². The molecule has 0 spiro atoms. The zero-order valence-corrected chi connectivity index (χ0v) is 16.0. The van der Waals surface area contributed by atoms with Gasteiger partial charge in [0.1, 0.15) is 0 Å². The number of hydrogen-bond acceptors (Lipinski definition) is 2. The smallest absolute Gasteiger partial charge is 0.0724 e. The lowest BCUT2D eigenvalue weighted by Gasteiger charge is -2.30. The standard InChI is InChI=1S/C11H16O.C10H20O/c1-11(2,3)12-9-10-7-5-4-6-8-10;1-10(2,3)11-9-7-5-4-6-8-9/h4-8H,9H2,1-3H3;9H,4-8H2,1-3H3. The average molecular weight is 321 g/mol. The third kappa shape index (κ3) is 11.3. The van der Waals surface area contributed by atoms with Crippen molar-refractivity contribution in [1.82, 2.24) is 0 Å². The highest BCUT2D eigenvalue weighted by Crippen LogP contribution is 2.24. The van der Waals surface area contributed by atoms with Gasteiger partial charge in [0.25, 0.3) is 0 Å². The van der Waals surface area contributed by atoms with E-state index in [9.17, 15) is 0 Å². The maximum Gasteiger partial charge on any atom is 0.0724 e. The van der Waals surface area contributed by atoms with Gasteiger partial charge in [0.05, 0.1) is 23.9 Å². The Morgan fingerprint density at radius 1 is 0.826 bits per heavy atom. The van der Waals surface area contributed by atoms with Gasteiger partial charge in [-0.3, -0.25) is 0 Å². The number of ether oxygens (including phenoxy) is 2. The van der Waals surface area contributed by atoms with Crippen LogP contribution in [0.2, 0.25) is 0 Å². The predicted molar refractivity (Wildman–Crippen MR) is 98.7 cm³/mol. The molecular weight excluding hydrogens is 284 g/mol. The second kappa shape index (κ2) is 9.44. The molecule has 2 nitrogen and oxygen atoms in total. The molecule has 0 unspecified atom stereocenters. The maximum absolute atomic E-state index is 5.88. The molecule has 0 N–H and O–H groups in total. The molecule has 0 aliphatic heterocycles. The largest absolute Gasteiger partial charge is 0.373 e. The molecule has 1 saturated carbocycles. The summed E-state index contributed by atoms with van der Waals surface area (Å²) in [5.41, 5.74) is 1.24. The molecule has 1 aromatic carbocycles. The van der Waals surface area contributed by atoms with Crippen LogP contribution >= 0.6 is 0 Å². The van der Waals surface area contributed by atoms with Gasteiger partial charge in [-0.15, -0.1) is 0 Å². The summed E-state index contributed by atoms with van der Waals surface area (Å²) in [6.07, 6.45) is 7.23. The SMILES string of the molecule is CC(C)(C)OC1CCCCC1.CC(C)(C)OCc1ccccc1. The van der Waals surface area contributed by atoms with Crippen molar-refractivity contribution < 1.29 is 9.47 Å². The Hall–Kier alpha value is -0.860. The van der Waals surface area contributed by atoms with Gasteiger partial charge in [-0.25, -0.2) is 0 Å². The Labute approximate surface area is 143 Å². The minimum absolute atomic E-state index is 0.0458. The Balaban J connectivity index is 0.000000231. The summed E-state index contributed by atoms with van der Waals surface area (Å²) in [5.74, 6) is 0. The summed E-state index contributed by atoms with van der Waals surface area (Å²) < 4.78 is 11.5. The van der Waals surface area contributed by atoms with Gasteiger partial charge in [0.15, 0.2) is 0 Å². The molecule has 132 valence electrons. The summed E-state index contributed by atoms with van der Waals surface area (Å²) in [5, 5.41) is 0. The fraction of sp³-hybridized carbons (Fsp3) is 0.714. The molecule has 1 aliphatic carbocycles. The van der Waals surface area contributed by atoms with E-state index in [0.29, 0.717) is 12.7 Å². The quantitative estimate of drug-likeness (QED) is 0.666. The van der Waals surface area contributed by atoms with Gasteiger partial charge >= 0.3 is 0 Å². The first kappa shape index (κ1) is 20.2.